The molecule has 0 aromatic carbocycles. The number of hydrogen-bond donors (Lipinski definition) is 2. The minimum absolute atomic E-state index is 0.179. The van der Waals surface area contributed by atoms with Gasteiger partial charge in [0.15, 0.2) is 0 Å². The van der Waals surface area contributed by atoms with Crippen molar-refractivity contribution in [1.29, 1.82) is 0 Å². The molecule has 0 aromatic heterocycles. The van der Waals surface area contributed by atoms with E-state index in [1.54, 1.807) is 6.92 Å². The Bertz CT molecular complexity index is 537. The molecular formula is C23H40F2O4. The molecule has 2 rings (SSSR count). The van der Waals surface area contributed by atoms with Crippen LogP contribution >= 0.6 is 0 Å². The van der Waals surface area contributed by atoms with Gasteiger partial charge in [-0.3, -0.25) is 4.79 Å². The van der Waals surface area contributed by atoms with Crippen LogP contribution in [0.1, 0.15) is 97.3 Å². The summed E-state index contributed by atoms with van der Waals surface area (Å²) in [6.45, 7) is 3.86. The molecule has 29 heavy (non-hydrogen) atoms. The van der Waals surface area contributed by atoms with Crippen LogP contribution in [0.3, 0.4) is 0 Å². The SMILES string of the molecule is CCCCCC(C)(O)CC[C@]12[C@H](CCCCCCC(=O)OC)[C@@H](O)C[C@H]1C2(F)F. The molecule has 4 nitrogen and oxygen atoms in total. The second kappa shape index (κ2) is 10.0. The van der Waals surface area contributed by atoms with Gasteiger partial charge in [0, 0.05) is 17.8 Å². The Morgan fingerprint density at radius 2 is 1.83 bits per heavy atom. The normalized spacial score (nSPS) is 31.9. The van der Waals surface area contributed by atoms with E-state index in [1.165, 1.54) is 7.11 Å². The largest absolute Gasteiger partial charge is 0.469 e. The number of fused-ring (bicyclic) bond motifs is 1. The van der Waals surface area contributed by atoms with E-state index < -0.39 is 34.9 Å². The number of aliphatic hydroxyl groups excluding tert-OH is 1. The molecule has 6 heteroatoms. The molecule has 0 amide bonds. The van der Waals surface area contributed by atoms with Crippen LogP contribution in [0, 0.1) is 17.3 Å². The smallest absolute Gasteiger partial charge is 0.305 e. The van der Waals surface area contributed by atoms with Crippen molar-refractivity contribution in [3.05, 3.63) is 0 Å². The zero-order chi connectivity index (χ0) is 21.7. The first-order valence-electron chi connectivity index (χ1n) is 11.5. The van der Waals surface area contributed by atoms with Crippen molar-refractivity contribution in [2.45, 2.75) is 115 Å². The van der Waals surface area contributed by atoms with Crippen molar-refractivity contribution >= 4 is 5.97 Å². The highest BCUT2D eigenvalue weighted by molar-refractivity contribution is 5.68. The second-order valence-corrected chi connectivity index (χ2v) is 9.61. The molecule has 0 aliphatic heterocycles. The van der Waals surface area contributed by atoms with Crippen LogP contribution < -0.4 is 0 Å². The first-order valence-corrected chi connectivity index (χ1v) is 11.5. The van der Waals surface area contributed by atoms with Gasteiger partial charge in [-0.05, 0) is 51.4 Å². The van der Waals surface area contributed by atoms with Gasteiger partial charge in [0.1, 0.15) is 0 Å². The summed E-state index contributed by atoms with van der Waals surface area (Å²) in [4.78, 5) is 11.1. The van der Waals surface area contributed by atoms with Crippen LogP contribution in [0.5, 0.6) is 0 Å². The first-order chi connectivity index (χ1) is 13.6. The number of ether oxygens (including phenoxy) is 1. The molecule has 2 N–H and O–H groups in total. The Balaban J connectivity index is 1.86. The Hall–Kier alpha value is -0.750. The molecular weight excluding hydrogens is 378 g/mol. The third-order valence-corrected chi connectivity index (χ3v) is 7.47. The summed E-state index contributed by atoms with van der Waals surface area (Å²) in [5.74, 6) is -4.07. The van der Waals surface area contributed by atoms with Gasteiger partial charge in [0.05, 0.1) is 18.8 Å². The summed E-state index contributed by atoms with van der Waals surface area (Å²) in [6.07, 6.45) is 8.03. The summed E-state index contributed by atoms with van der Waals surface area (Å²) in [7, 11) is 1.37. The van der Waals surface area contributed by atoms with Crippen LogP contribution in [0.25, 0.3) is 0 Å². The van der Waals surface area contributed by atoms with E-state index in [0.29, 0.717) is 25.7 Å². The first kappa shape index (κ1) is 24.5. The van der Waals surface area contributed by atoms with Crippen molar-refractivity contribution in [3.8, 4) is 0 Å². The molecule has 0 bridgehead atoms. The summed E-state index contributed by atoms with van der Waals surface area (Å²) in [6, 6.07) is 0. The molecule has 1 unspecified atom stereocenters. The lowest BCUT2D eigenvalue weighted by Gasteiger charge is -2.31. The number of rotatable bonds is 14. The number of carbonyl (C=O) groups excluding carboxylic acids is 1. The fourth-order valence-electron chi connectivity index (χ4n) is 5.59. The van der Waals surface area contributed by atoms with Crippen LogP contribution in [-0.4, -0.2) is 40.9 Å². The van der Waals surface area contributed by atoms with E-state index >= 15 is 0 Å². The van der Waals surface area contributed by atoms with E-state index in [-0.39, 0.29) is 18.8 Å². The van der Waals surface area contributed by atoms with Gasteiger partial charge >= 0.3 is 5.97 Å². The maximum atomic E-state index is 14.7. The number of carbonyl (C=O) groups is 1. The third kappa shape index (κ3) is 5.49. The molecule has 0 radical (unpaired) electrons. The lowest BCUT2D eigenvalue weighted by molar-refractivity contribution is -0.140. The quantitative estimate of drug-likeness (QED) is 0.299. The van der Waals surface area contributed by atoms with Gasteiger partial charge < -0.3 is 14.9 Å². The topological polar surface area (TPSA) is 66.8 Å². The van der Waals surface area contributed by atoms with E-state index in [9.17, 15) is 23.8 Å². The predicted octanol–water partition coefficient (Wildman–Crippen LogP) is 5.24. The second-order valence-electron chi connectivity index (χ2n) is 9.61. The summed E-state index contributed by atoms with van der Waals surface area (Å²) < 4.78 is 34.0. The van der Waals surface area contributed by atoms with Gasteiger partial charge in [0.2, 0.25) is 0 Å². The standard InChI is InChI=1S/C23H40F2O4/c1-4-5-10-13-21(2,28)14-15-22-17(18(26)16-19(22)23(22,24)25)11-8-6-7-9-12-20(27)29-3/h17-19,26,28H,4-16H2,1-3H3/t17-,18+,19-,21?,22+/m1/s1. The Kier molecular flexibility index (Phi) is 8.49. The van der Waals surface area contributed by atoms with Gasteiger partial charge in [-0.2, -0.15) is 0 Å². The van der Waals surface area contributed by atoms with Gasteiger partial charge in [-0.25, -0.2) is 8.78 Å². The summed E-state index contributed by atoms with van der Waals surface area (Å²) in [5, 5.41) is 21.1. The Morgan fingerprint density at radius 1 is 1.14 bits per heavy atom. The average Bonchev–Trinajstić information content (AvgIpc) is 2.95. The third-order valence-electron chi connectivity index (χ3n) is 7.47. The Labute approximate surface area is 174 Å². The molecule has 2 aliphatic rings. The van der Waals surface area contributed by atoms with Crippen LogP contribution in [-0.2, 0) is 9.53 Å². The highest BCUT2D eigenvalue weighted by atomic mass is 19.3. The van der Waals surface area contributed by atoms with Crippen LogP contribution in [0.4, 0.5) is 8.78 Å². The highest BCUT2D eigenvalue weighted by Gasteiger charge is 2.85. The fraction of sp³-hybridized carbons (Fsp3) is 0.957. The number of methoxy groups -OCH3 is 1. The molecule has 2 saturated carbocycles. The van der Waals surface area contributed by atoms with Crippen molar-refractivity contribution in [2.24, 2.45) is 17.3 Å². The molecule has 5 atom stereocenters. The average molecular weight is 419 g/mol. The monoisotopic (exact) mass is 418 g/mol. The van der Waals surface area contributed by atoms with Crippen LogP contribution in [0.2, 0.25) is 0 Å². The van der Waals surface area contributed by atoms with Gasteiger partial charge in [-0.15, -0.1) is 0 Å². The Morgan fingerprint density at radius 3 is 2.48 bits per heavy atom. The summed E-state index contributed by atoms with van der Waals surface area (Å²) in [5.41, 5.74) is -2.05. The molecule has 0 saturated heterocycles. The number of halogens is 2. The fourth-order valence-corrected chi connectivity index (χ4v) is 5.59. The maximum Gasteiger partial charge on any atom is 0.305 e. The number of hydrogen-bond acceptors (Lipinski definition) is 4. The minimum Gasteiger partial charge on any atom is -0.469 e. The van der Waals surface area contributed by atoms with Gasteiger partial charge in [0.25, 0.3) is 5.92 Å². The molecule has 2 fully saturated rings. The predicted molar refractivity (Wildman–Crippen MR) is 109 cm³/mol. The van der Waals surface area contributed by atoms with Gasteiger partial charge in [-0.1, -0.05) is 45.4 Å². The molecule has 170 valence electrons. The van der Waals surface area contributed by atoms with E-state index in [1.807, 2.05) is 0 Å². The van der Waals surface area contributed by atoms with E-state index in [0.717, 1.165) is 44.9 Å². The maximum absolute atomic E-state index is 14.7. The van der Waals surface area contributed by atoms with Crippen LogP contribution in [0.15, 0.2) is 0 Å². The molecule has 0 heterocycles. The number of alkyl halides is 2. The van der Waals surface area contributed by atoms with Crippen molar-refractivity contribution < 1.29 is 28.5 Å². The molecule has 0 spiro atoms. The van der Waals surface area contributed by atoms with Crippen molar-refractivity contribution in [2.75, 3.05) is 7.11 Å². The summed E-state index contributed by atoms with van der Waals surface area (Å²) >= 11 is 0. The number of aliphatic hydroxyl groups is 2. The van der Waals surface area contributed by atoms with E-state index in [4.69, 9.17) is 0 Å². The number of unbranched alkanes of at least 4 members (excludes halogenated alkanes) is 5. The zero-order valence-electron chi connectivity index (χ0n) is 18.4. The minimum atomic E-state index is -2.72. The molecule has 0 aromatic rings. The van der Waals surface area contributed by atoms with E-state index in [2.05, 4.69) is 11.7 Å². The lowest BCUT2D eigenvalue weighted by Crippen LogP contribution is -2.33. The zero-order valence-corrected chi connectivity index (χ0v) is 18.4. The molecule has 2 aliphatic carbocycles. The lowest BCUT2D eigenvalue weighted by atomic mass is 9.78. The van der Waals surface area contributed by atoms with Crippen molar-refractivity contribution in [1.82, 2.24) is 0 Å². The highest BCUT2D eigenvalue weighted by Crippen LogP contribution is 2.78. The van der Waals surface area contributed by atoms with Crippen molar-refractivity contribution in [3.63, 3.8) is 0 Å². The number of esters is 1.